The van der Waals surface area contributed by atoms with E-state index in [4.69, 9.17) is 10.5 Å². The molecule has 2 unspecified atom stereocenters. The van der Waals surface area contributed by atoms with Gasteiger partial charge in [0.05, 0.1) is 6.61 Å². The third-order valence-electron chi connectivity index (χ3n) is 3.08. The summed E-state index contributed by atoms with van der Waals surface area (Å²) in [6.45, 7) is 1.60. The molecule has 2 heteroatoms. The van der Waals surface area contributed by atoms with Gasteiger partial charge in [-0.25, -0.2) is 0 Å². The van der Waals surface area contributed by atoms with Crippen LogP contribution in [0.2, 0.25) is 0 Å². The van der Waals surface area contributed by atoms with Crippen molar-refractivity contribution in [2.45, 2.75) is 31.2 Å². The second-order valence-corrected chi connectivity index (χ2v) is 4.00. The lowest BCUT2D eigenvalue weighted by molar-refractivity contribution is 0.162. The molecule has 1 fully saturated rings. The van der Waals surface area contributed by atoms with E-state index in [1.807, 2.05) is 0 Å². The highest BCUT2D eigenvalue weighted by Crippen LogP contribution is 2.31. The van der Waals surface area contributed by atoms with E-state index in [2.05, 4.69) is 12.2 Å². The monoisotopic (exact) mass is 167 g/mol. The molecule has 0 aromatic rings. The van der Waals surface area contributed by atoms with Gasteiger partial charge in [-0.05, 0) is 31.6 Å². The zero-order valence-electron chi connectivity index (χ0n) is 7.46. The number of rotatable bonds is 1. The fourth-order valence-corrected chi connectivity index (χ4v) is 2.18. The van der Waals surface area contributed by atoms with E-state index in [0.29, 0.717) is 5.92 Å². The molecule has 68 valence electrons. The van der Waals surface area contributed by atoms with Crippen molar-refractivity contribution in [3.8, 4) is 0 Å². The number of hydrogen-bond donors (Lipinski definition) is 1. The molecule has 0 aromatic carbocycles. The Morgan fingerprint density at radius 2 is 2.42 bits per heavy atom. The first-order chi connectivity index (χ1) is 5.81. The second-order valence-electron chi connectivity index (χ2n) is 4.00. The molecule has 0 radical (unpaired) electrons. The van der Waals surface area contributed by atoms with Crippen LogP contribution in [-0.4, -0.2) is 18.8 Å². The van der Waals surface area contributed by atoms with Crippen LogP contribution in [0.5, 0.6) is 0 Å². The molecule has 1 heterocycles. The minimum absolute atomic E-state index is 0.0447. The Hall–Kier alpha value is -0.340. The number of allylic oxidation sites excluding steroid dienone is 1. The van der Waals surface area contributed by atoms with E-state index in [9.17, 15) is 0 Å². The van der Waals surface area contributed by atoms with Gasteiger partial charge >= 0.3 is 0 Å². The maximum Gasteiger partial charge on any atom is 0.0652 e. The van der Waals surface area contributed by atoms with Crippen LogP contribution in [0.4, 0.5) is 0 Å². The van der Waals surface area contributed by atoms with Crippen LogP contribution in [0.1, 0.15) is 25.7 Å². The average Bonchev–Trinajstić information content (AvgIpc) is 2.55. The Morgan fingerprint density at radius 1 is 1.50 bits per heavy atom. The number of ether oxygens (including phenoxy) is 1. The van der Waals surface area contributed by atoms with Gasteiger partial charge in [0.15, 0.2) is 0 Å². The van der Waals surface area contributed by atoms with Gasteiger partial charge in [0.1, 0.15) is 0 Å². The summed E-state index contributed by atoms with van der Waals surface area (Å²) >= 11 is 0. The van der Waals surface area contributed by atoms with E-state index in [1.165, 1.54) is 19.3 Å². The van der Waals surface area contributed by atoms with Gasteiger partial charge in [-0.1, -0.05) is 12.2 Å². The normalized spacial score (nSPS) is 41.9. The molecule has 2 N–H and O–H groups in total. The number of nitrogens with two attached hydrogens (primary N) is 1. The molecular formula is C10H17NO. The third-order valence-corrected chi connectivity index (χ3v) is 3.08. The van der Waals surface area contributed by atoms with Crippen LogP contribution in [0.3, 0.4) is 0 Å². The minimum atomic E-state index is -0.0447. The Bertz CT molecular complexity index is 182. The summed E-state index contributed by atoms with van der Waals surface area (Å²) in [6, 6.07) is 0. The minimum Gasteiger partial charge on any atom is -0.379 e. The Kier molecular flexibility index (Phi) is 2.20. The molecular weight excluding hydrogens is 150 g/mol. The molecule has 2 rings (SSSR count). The van der Waals surface area contributed by atoms with Crippen molar-refractivity contribution in [3.63, 3.8) is 0 Å². The van der Waals surface area contributed by atoms with Crippen molar-refractivity contribution >= 4 is 0 Å². The summed E-state index contributed by atoms with van der Waals surface area (Å²) in [4.78, 5) is 0. The van der Waals surface area contributed by atoms with Gasteiger partial charge in [0.25, 0.3) is 0 Å². The fourth-order valence-electron chi connectivity index (χ4n) is 2.18. The van der Waals surface area contributed by atoms with Crippen LogP contribution in [0.15, 0.2) is 12.2 Å². The molecule has 0 spiro atoms. The van der Waals surface area contributed by atoms with E-state index in [1.54, 1.807) is 0 Å². The van der Waals surface area contributed by atoms with E-state index < -0.39 is 0 Å². The van der Waals surface area contributed by atoms with Crippen molar-refractivity contribution in [1.82, 2.24) is 0 Å². The van der Waals surface area contributed by atoms with E-state index >= 15 is 0 Å². The largest absolute Gasteiger partial charge is 0.379 e. The zero-order valence-corrected chi connectivity index (χ0v) is 7.46. The van der Waals surface area contributed by atoms with Gasteiger partial charge in [-0.3, -0.25) is 0 Å². The fraction of sp³-hybridized carbons (Fsp3) is 0.800. The quantitative estimate of drug-likeness (QED) is 0.600. The average molecular weight is 167 g/mol. The van der Waals surface area contributed by atoms with Crippen molar-refractivity contribution in [1.29, 1.82) is 0 Å². The SMILES string of the molecule is NC1(C2C=CCCC2)CCOC1. The standard InChI is InChI=1S/C10H17NO/c11-10(6-7-12-8-10)9-4-2-1-3-5-9/h2,4,9H,1,3,5-8,11H2. The van der Waals surface area contributed by atoms with Crippen molar-refractivity contribution in [3.05, 3.63) is 12.2 Å². The third kappa shape index (κ3) is 1.41. The summed E-state index contributed by atoms with van der Waals surface area (Å²) in [6.07, 6.45) is 9.35. The highest BCUT2D eigenvalue weighted by molar-refractivity contribution is 5.06. The molecule has 2 aliphatic rings. The van der Waals surface area contributed by atoms with Gasteiger partial charge in [-0.15, -0.1) is 0 Å². The maximum atomic E-state index is 6.26. The van der Waals surface area contributed by atoms with Crippen LogP contribution in [0.25, 0.3) is 0 Å². The second kappa shape index (κ2) is 3.19. The highest BCUT2D eigenvalue weighted by Gasteiger charge is 2.37. The predicted molar refractivity (Wildman–Crippen MR) is 48.8 cm³/mol. The molecule has 1 aliphatic heterocycles. The molecule has 0 amide bonds. The molecule has 0 saturated carbocycles. The predicted octanol–water partition coefficient (Wildman–Crippen LogP) is 1.46. The smallest absolute Gasteiger partial charge is 0.0652 e. The van der Waals surface area contributed by atoms with E-state index in [0.717, 1.165) is 19.6 Å². The van der Waals surface area contributed by atoms with Crippen LogP contribution >= 0.6 is 0 Å². The molecule has 2 atom stereocenters. The van der Waals surface area contributed by atoms with Crippen molar-refractivity contribution in [2.75, 3.05) is 13.2 Å². The summed E-state index contributed by atoms with van der Waals surface area (Å²) in [7, 11) is 0. The summed E-state index contributed by atoms with van der Waals surface area (Å²) in [5.74, 6) is 0.564. The van der Waals surface area contributed by atoms with Gasteiger partial charge in [0.2, 0.25) is 0 Å². The lowest BCUT2D eigenvalue weighted by Crippen LogP contribution is -2.47. The lowest BCUT2D eigenvalue weighted by atomic mass is 9.78. The van der Waals surface area contributed by atoms with Crippen LogP contribution < -0.4 is 5.73 Å². The van der Waals surface area contributed by atoms with E-state index in [-0.39, 0.29) is 5.54 Å². The van der Waals surface area contributed by atoms with Gasteiger partial charge in [0, 0.05) is 12.1 Å². The first-order valence-corrected chi connectivity index (χ1v) is 4.84. The molecule has 1 saturated heterocycles. The van der Waals surface area contributed by atoms with Gasteiger partial charge in [-0.2, -0.15) is 0 Å². The van der Waals surface area contributed by atoms with Crippen LogP contribution in [-0.2, 0) is 4.74 Å². The molecule has 12 heavy (non-hydrogen) atoms. The Balaban J connectivity index is 2.05. The number of hydrogen-bond acceptors (Lipinski definition) is 2. The van der Waals surface area contributed by atoms with Gasteiger partial charge < -0.3 is 10.5 Å². The topological polar surface area (TPSA) is 35.2 Å². The van der Waals surface area contributed by atoms with Crippen molar-refractivity contribution < 1.29 is 4.74 Å². The molecule has 0 aromatic heterocycles. The molecule has 2 nitrogen and oxygen atoms in total. The lowest BCUT2D eigenvalue weighted by Gasteiger charge is -2.32. The molecule has 0 bridgehead atoms. The summed E-state index contributed by atoms with van der Waals surface area (Å²) in [5.41, 5.74) is 6.21. The summed E-state index contributed by atoms with van der Waals surface area (Å²) in [5, 5.41) is 0. The first kappa shape index (κ1) is 8.27. The highest BCUT2D eigenvalue weighted by atomic mass is 16.5. The Morgan fingerprint density at radius 3 is 3.00 bits per heavy atom. The maximum absolute atomic E-state index is 6.26. The Labute approximate surface area is 73.8 Å². The zero-order chi connectivity index (χ0) is 8.44. The summed E-state index contributed by atoms with van der Waals surface area (Å²) < 4.78 is 5.35. The first-order valence-electron chi connectivity index (χ1n) is 4.84. The van der Waals surface area contributed by atoms with Crippen molar-refractivity contribution in [2.24, 2.45) is 11.7 Å². The molecule has 1 aliphatic carbocycles. The van der Waals surface area contributed by atoms with Crippen LogP contribution in [0, 0.1) is 5.92 Å².